The minimum absolute atomic E-state index is 0.0816. The van der Waals surface area contributed by atoms with Gasteiger partial charge in [-0.3, -0.25) is 4.79 Å². The van der Waals surface area contributed by atoms with E-state index in [1.54, 1.807) is 0 Å². The summed E-state index contributed by atoms with van der Waals surface area (Å²) in [7, 11) is 0. The highest BCUT2D eigenvalue weighted by atomic mass is 16.2. The second-order valence-electron chi connectivity index (χ2n) is 4.89. The minimum Gasteiger partial charge on any atom is -0.354 e. The first-order chi connectivity index (χ1) is 7.83. The number of amides is 1. The Bertz CT molecular complexity index is 275. The van der Waals surface area contributed by atoms with Gasteiger partial charge in [0.1, 0.15) is 0 Å². The summed E-state index contributed by atoms with van der Waals surface area (Å²) in [5.41, 5.74) is 0. The average molecular weight is 222 g/mol. The Morgan fingerprint density at radius 3 is 3.19 bits per heavy atom. The summed E-state index contributed by atoms with van der Waals surface area (Å²) in [6.07, 6.45) is 8.88. The molecule has 0 radical (unpaired) electrons. The normalized spacial score (nSPS) is 33.2. The number of allylic oxidation sites excluding steroid dienone is 1. The maximum Gasteiger partial charge on any atom is 0.237 e. The van der Waals surface area contributed by atoms with Crippen molar-refractivity contribution in [1.82, 2.24) is 10.6 Å². The maximum absolute atomic E-state index is 12.0. The number of carbonyl (C=O) groups is 1. The summed E-state index contributed by atoms with van der Waals surface area (Å²) >= 11 is 0. The van der Waals surface area contributed by atoms with Crippen molar-refractivity contribution in [2.24, 2.45) is 11.8 Å². The van der Waals surface area contributed by atoms with Crippen LogP contribution in [-0.2, 0) is 4.79 Å². The Hall–Kier alpha value is -0.830. The zero-order valence-corrected chi connectivity index (χ0v) is 10.0. The van der Waals surface area contributed by atoms with Crippen LogP contribution in [0.2, 0.25) is 0 Å². The fourth-order valence-electron chi connectivity index (χ4n) is 3.03. The van der Waals surface area contributed by atoms with Crippen molar-refractivity contribution < 1.29 is 4.79 Å². The Morgan fingerprint density at radius 1 is 1.50 bits per heavy atom. The molecule has 0 spiro atoms. The van der Waals surface area contributed by atoms with E-state index < -0.39 is 0 Å². The quantitative estimate of drug-likeness (QED) is 0.558. The van der Waals surface area contributed by atoms with E-state index >= 15 is 0 Å². The fourth-order valence-corrected chi connectivity index (χ4v) is 3.03. The van der Waals surface area contributed by atoms with Gasteiger partial charge in [-0.25, -0.2) is 0 Å². The lowest BCUT2D eigenvalue weighted by molar-refractivity contribution is -0.123. The van der Waals surface area contributed by atoms with Gasteiger partial charge in [-0.1, -0.05) is 18.6 Å². The highest BCUT2D eigenvalue weighted by Crippen LogP contribution is 2.37. The highest BCUT2D eigenvalue weighted by molar-refractivity contribution is 5.82. The SMILES string of the molecule is C/C=C/CCNC(=O)C1NCC2CCCC21. The second kappa shape index (κ2) is 5.48. The minimum atomic E-state index is 0.0816. The second-order valence-corrected chi connectivity index (χ2v) is 4.89. The molecule has 1 heterocycles. The summed E-state index contributed by atoms with van der Waals surface area (Å²) in [5, 5.41) is 6.39. The molecule has 1 amide bonds. The topological polar surface area (TPSA) is 41.1 Å². The van der Waals surface area contributed by atoms with Gasteiger partial charge in [0.05, 0.1) is 6.04 Å². The first kappa shape index (κ1) is 11.6. The van der Waals surface area contributed by atoms with Crippen molar-refractivity contribution in [2.75, 3.05) is 13.1 Å². The molecule has 1 aliphatic carbocycles. The molecule has 3 atom stereocenters. The van der Waals surface area contributed by atoms with E-state index in [1.807, 2.05) is 13.0 Å². The molecule has 3 unspecified atom stereocenters. The number of nitrogens with one attached hydrogen (secondary N) is 2. The van der Waals surface area contributed by atoms with Crippen LogP contribution in [0.15, 0.2) is 12.2 Å². The highest BCUT2D eigenvalue weighted by Gasteiger charge is 2.42. The van der Waals surface area contributed by atoms with Gasteiger partial charge in [0, 0.05) is 6.54 Å². The van der Waals surface area contributed by atoms with E-state index in [-0.39, 0.29) is 11.9 Å². The van der Waals surface area contributed by atoms with Crippen molar-refractivity contribution in [1.29, 1.82) is 0 Å². The van der Waals surface area contributed by atoms with Crippen molar-refractivity contribution in [3.05, 3.63) is 12.2 Å². The summed E-state index contributed by atoms with van der Waals surface area (Å²) in [4.78, 5) is 12.0. The van der Waals surface area contributed by atoms with Crippen LogP contribution in [-0.4, -0.2) is 25.0 Å². The first-order valence-corrected chi connectivity index (χ1v) is 6.45. The van der Waals surface area contributed by atoms with Crippen molar-refractivity contribution in [3.8, 4) is 0 Å². The van der Waals surface area contributed by atoms with Crippen LogP contribution in [0.3, 0.4) is 0 Å². The molecule has 1 saturated heterocycles. The number of fused-ring (bicyclic) bond motifs is 1. The van der Waals surface area contributed by atoms with Crippen LogP contribution >= 0.6 is 0 Å². The van der Waals surface area contributed by atoms with E-state index in [0.29, 0.717) is 5.92 Å². The summed E-state index contributed by atoms with van der Waals surface area (Å²) in [6.45, 7) is 3.81. The first-order valence-electron chi connectivity index (χ1n) is 6.45. The van der Waals surface area contributed by atoms with Crippen LogP contribution in [0.25, 0.3) is 0 Å². The smallest absolute Gasteiger partial charge is 0.237 e. The Labute approximate surface area is 97.7 Å². The Balaban J connectivity index is 1.76. The summed E-state index contributed by atoms with van der Waals surface area (Å²) < 4.78 is 0. The third-order valence-corrected chi connectivity index (χ3v) is 3.87. The molecule has 3 nitrogen and oxygen atoms in total. The standard InChI is InChI=1S/C13H22N2O/c1-2-3-4-8-14-13(16)12-11-7-5-6-10(11)9-15-12/h2-3,10-12,15H,4-9H2,1H3,(H,14,16)/b3-2+. The molecule has 3 heteroatoms. The van der Waals surface area contributed by atoms with Gasteiger partial charge in [0.25, 0.3) is 0 Å². The monoisotopic (exact) mass is 222 g/mol. The fraction of sp³-hybridized carbons (Fsp3) is 0.769. The van der Waals surface area contributed by atoms with Gasteiger partial charge in [-0.15, -0.1) is 0 Å². The van der Waals surface area contributed by atoms with Crippen molar-refractivity contribution in [3.63, 3.8) is 0 Å². The van der Waals surface area contributed by atoms with E-state index in [0.717, 1.165) is 25.4 Å². The van der Waals surface area contributed by atoms with Crippen LogP contribution in [0, 0.1) is 11.8 Å². The lowest BCUT2D eigenvalue weighted by atomic mass is 9.93. The van der Waals surface area contributed by atoms with Crippen LogP contribution in [0.4, 0.5) is 0 Å². The van der Waals surface area contributed by atoms with Gasteiger partial charge in [0.2, 0.25) is 5.91 Å². The van der Waals surface area contributed by atoms with Crippen molar-refractivity contribution in [2.45, 2.75) is 38.6 Å². The summed E-state index contributed by atoms with van der Waals surface area (Å²) in [5.74, 6) is 1.56. The molecule has 1 aliphatic heterocycles. The molecule has 1 saturated carbocycles. The van der Waals surface area contributed by atoms with E-state index in [4.69, 9.17) is 0 Å². The Kier molecular flexibility index (Phi) is 3.99. The zero-order valence-electron chi connectivity index (χ0n) is 10.0. The van der Waals surface area contributed by atoms with Gasteiger partial charge < -0.3 is 10.6 Å². The van der Waals surface area contributed by atoms with Crippen LogP contribution < -0.4 is 10.6 Å². The Morgan fingerprint density at radius 2 is 2.38 bits per heavy atom. The third-order valence-electron chi connectivity index (χ3n) is 3.87. The number of hydrogen-bond donors (Lipinski definition) is 2. The predicted octanol–water partition coefficient (Wildman–Crippen LogP) is 1.46. The lowest BCUT2D eigenvalue weighted by Crippen LogP contribution is -2.44. The molecule has 0 aromatic rings. The van der Waals surface area contributed by atoms with Gasteiger partial charge in [0.15, 0.2) is 0 Å². The van der Waals surface area contributed by atoms with Crippen LogP contribution in [0.5, 0.6) is 0 Å². The molecule has 2 aliphatic rings. The summed E-state index contributed by atoms with van der Waals surface area (Å²) in [6, 6.07) is 0.0816. The molecule has 2 N–H and O–H groups in total. The third kappa shape index (κ3) is 2.46. The molecular weight excluding hydrogens is 200 g/mol. The number of hydrogen-bond acceptors (Lipinski definition) is 2. The van der Waals surface area contributed by atoms with Gasteiger partial charge in [-0.2, -0.15) is 0 Å². The molecule has 2 fully saturated rings. The maximum atomic E-state index is 12.0. The lowest BCUT2D eigenvalue weighted by Gasteiger charge is -2.17. The number of carbonyl (C=O) groups excluding carboxylic acids is 1. The molecule has 0 aromatic heterocycles. The molecular formula is C13H22N2O. The number of rotatable bonds is 4. The van der Waals surface area contributed by atoms with E-state index in [9.17, 15) is 4.79 Å². The largest absolute Gasteiger partial charge is 0.354 e. The van der Waals surface area contributed by atoms with E-state index in [1.165, 1.54) is 19.3 Å². The van der Waals surface area contributed by atoms with E-state index in [2.05, 4.69) is 16.7 Å². The van der Waals surface area contributed by atoms with Crippen molar-refractivity contribution >= 4 is 5.91 Å². The molecule has 2 rings (SSSR count). The van der Waals surface area contributed by atoms with Crippen LogP contribution in [0.1, 0.15) is 32.6 Å². The molecule has 0 aromatic carbocycles. The van der Waals surface area contributed by atoms with Gasteiger partial charge >= 0.3 is 0 Å². The molecule has 16 heavy (non-hydrogen) atoms. The molecule has 90 valence electrons. The zero-order chi connectivity index (χ0) is 11.4. The van der Waals surface area contributed by atoms with Gasteiger partial charge in [-0.05, 0) is 44.6 Å². The predicted molar refractivity (Wildman–Crippen MR) is 65.1 cm³/mol. The average Bonchev–Trinajstić information content (AvgIpc) is 2.85. The molecule has 0 bridgehead atoms.